The van der Waals surface area contributed by atoms with E-state index >= 15 is 4.39 Å². The number of aromatic nitrogens is 1. The van der Waals surface area contributed by atoms with Crippen LogP contribution in [0.25, 0.3) is 0 Å². The lowest BCUT2D eigenvalue weighted by Gasteiger charge is -2.23. The highest BCUT2D eigenvalue weighted by molar-refractivity contribution is 6.35. The predicted octanol–water partition coefficient (Wildman–Crippen LogP) is 4.51. The van der Waals surface area contributed by atoms with Crippen LogP contribution in [0.2, 0.25) is 5.02 Å². The molecule has 1 heterocycles. The molecule has 26 heavy (non-hydrogen) atoms. The summed E-state index contributed by atoms with van der Waals surface area (Å²) in [6.07, 6.45) is 3.91. The van der Waals surface area contributed by atoms with E-state index in [2.05, 4.69) is 10.3 Å². The molecule has 1 aromatic carbocycles. The normalized spacial score (nSPS) is 13.3. The third-order valence-corrected chi connectivity index (χ3v) is 4.47. The molecule has 4 nitrogen and oxygen atoms in total. The molecule has 138 valence electrons. The van der Waals surface area contributed by atoms with E-state index < -0.39 is 11.6 Å². The van der Waals surface area contributed by atoms with Crippen LogP contribution in [-0.2, 0) is 4.79 Å². The summed E-state index contributed by atoms with van der Waals surface area (Å²) in [6, 6.07) is 5.74. The first-order valence-corrected chi connectivity index (χ1v) is 8.91. The van der Waals surface area contributed by atoms with E-state index in [4.69, 9.17) is 11.6 Å². The van der Waals surface area contributed by atoms with E-state index in [0.717, 1.165) is 0 Å². The molecule has 0 aliphatic rings. The van der Waals surface area contributed by atoms with Crippen LogP contribution >= 0.6 is 11.6 Å². The molecule has 0 spiro atoms. The fraction of sp³-hybridized carbons (Fsp3) is 0.350. The number of rotatable bonds is 8. The molecule has 1 aromatic heterocycles. The molecule has 0 radical (unpaired) electrons. The molecule has 1 N–H and O–H groups in total. The standard InChI is InChI=1S/C20H22ClFN2O2/c1-4-17(24-12(2)11-13(3)25)15-5-6-16(21)18(19(15)22)20(26)14-7-9-23-10-8-14/h5-10,12,17,24H,4,11H2,1-3H3/t12-,17-/m1/s1. The van der Waals surface area contributed by atoms with Gasteiger partial charge in [-0.25, -0.2) is 4.39 Å². The zero-order valence-corrected chi connectivity index (χ0v) is 15.8. The van der Waals surface area contributed by atoms with Crippen LogP contribution < -0.4 is 5.32 Å². The van der Waals surface area contributed by atoms with Gasteiger partial charge in [0.15, 0.2) is 5.78 Å². The van der Waals surface area contributed by atoms with E-state index in [0.29, 0.717) is 24.0 Å². The van der Waals surface area contributed by atoms with Crippen molar-refractivity contribution in [2.45, 2.75) is 45.7 Å². The van der Waals surface area contributed by atoms with Gasteiger partial charge in [0.1, 0.15) is 11.6 Å². The smallest absolute Gasteiger partial charge is 0.197 e. The number of hydrogen-bond donors (Lipinski definition) is 1. The van der Waals surface area contributed by atoms with Crippen LogP contribution in [0.5, 0.6) is 0 Å². The number of carbonyl (C=O) groups excluding carboxylic acids is 2. The number of carbonyl (C=O) groups is 2. The van der Waals surface area contributed by atoms with E-state index in [-0.39, 0.29) is 28.5 Å². The third-order valence-electron chi connectivity index (χ3n) is 4.15. The summed E-state index contributed by atoms with van der Waals surface area (Å²) in [5, 5.41) is 3.32. The van der Waals surface area contributed by atoms with Crippen molar-refractivity contribution in [1.29, 1.82) is 0 Å². The summed E-state index contributed by atoms with van der Waals surface area (Å²) in [4.78, 5) is 27.9. The largest absolute Gasteiger partial charge is 0.307 e. The van der Waals surface area contributed by atoms with Gasteiger partial charge in [-0.3, -0.25) is 14.6 Å². The minimum Gasteiger partial charge on any atom is -0.307 e. The number of hydrogen-bond acceptors (Lipinski definition) is 4. The molecular formula is C20H22ClFN2O2. The van der Waals surface area contributed by atoms with Gasteiger partial charge >= 0.3 is 0 Å². The Kier molecular flexibility index (Phi) is 7.00. The van der Waals surface area contributed by atoms with Gasteiger partial charge in [-0.15, -0.1) is 0 Å². The average Bonchev–Trinajstić information content (AvgIpc) is 2.60. The van der Waals surface area contributed by atoms with E-state index in [9.17, 15) is 9.59 Å². The highest BCUT2D eigenvalue weighted by atomic mass is 35.5. The SMILES string of the molecule is CC[C@@H](N[C@H](C)CC(C)=O)c1ccc(Cl)c(C(=O)c2ccncc2)c1F. The summed E-state index contributed by atoms with van der Waals surface area (Å²) < 4.78 is 15.2. The van der Waals surface area contributed by atoms with E-state index in [1.807, 2.05) is 13.8 Å². The lowest BCUT2D eigenvalue weighted by molar-refractivity contribution is -0.117. The highest BCUT2D eigenvalue weighted by Crippen LogP contribution is 2.30. The third kappa shape index (κ3) is 4.74. The Morgan fingerprint density at radius 3 is 2.46 bits per heavy atom. The van der Waals surface area contributed by atoms with Crippen LogP contribution in [0.3, 0.4) is 0 Å². The van der Waals surface area contributed by atoms with Gasteiger partial charge in [0.2, 0.25) is 0 Å². The fourth-order valence-corrected chi connectivity index (χ4v) is 3.19. The Balaban J connectivity index is 2.38. The summed E-state index contributed by atoms with van der Waals surface area (Å²) >= 11 is 6.13. The molecule has 0 saturated carbocycles. The second kappa shape index (κ2) is 9.01. The van der Waals surface area contributed by atoms with Gasteiger partial charge in [-0.2, -0.15) is 0 Å². The number of ketones is 2. The predicted molar refractivity (Wildman–Crippen MR) is 100 cm³/mol. The first kappa shape index (κ1) is 20.2. The van der Waals surface area contributed by atoms with Crippen molar-refractivity contribution in [3.05, 3.63) is 64.2 Å². The number of halogens is 2. The molecule has 0 aliphatic carbocycles. The van der Waals surface area contributed by atoms with Gasteiger partial charge in [0.25, 0.3) is 0 Å². The average molecular weight is 377 g/mol. The van der Waals surface area contributed by atoms with Gasteiger partial charge in [0, 0.05) is 42.0 Å². The zero-order chi connectivity index (χ0) is 19.3. The Hall–Kier alpha value is -2.11. The highest BCUT2D eigenvalue weighted by Gasteiger charge is 2.24. The van der Waals surface area contributed by atoms with Gasteiger partial charge in [-0.1, -0.05) is 24.6 Å². The molecule has 6 heteroatoms. The fourth-order valence-electron chi connectivity index (χ4n) is 2.95. The van der Waals surface area contributed by atoms with Gasteiger partial charge < -0.3 is 5.32 Å². The van der Waals surface area contributed by atoms with E-state index in [1.165, 1.54) is 37.5 Å². The molecule has 0 saturated heterocycles. The molecule has 0 bridgehead atoms. The summed E-state index contributed by atoms with van der Waals surface area (Å²) in [5.74, 6) is -1.05. The van der Waals surface area contributed by atoms with Crippen molar-refractivity contribution in [2.24, 2.45) is 0 Å². The Bertz CT molecular complexity index is 796. The number of pyridine rings is 1. The summed E-state index contributed by atoms with van der Waals surface area (Å²) in [6.45, 7) is 5.31. The van der Waals surface area contributed by atoms with Crippen molar-refractivity contribution in [3.8, 4) is 0 Å². The first-order chi connectivity index (χ1) is 12.3. The molecule has 0 aliphatic heterocycles. The number of benzene rings is 1. The maximum atomic E-state index is 15.2. The lowest BCUT2D eigenvalue weighted by Crippen LogP contribution is -2.32. The first-order valence-electron chi connectivity index (χ1n) is 8.53. The van der Waals surface area contributed by atoms with Crippen LogP contribution in [0, 0.1) is 5.82 Å². The topological polar surface area (TPSA) is 59.1 Å². The second-order valence-corrected chi connectivity index (χ2v) is 6.73. The molecule has 2 atom stereocenters. The maximum absolute atomic E-state index is 15.2. The maximum Gasteiger partial charge on any atom is 0.197 e. The number of Topliss-reactive ketones (excluding diaryl/α,β-unsaturated/α-hetero) is 1. The molecule has 2 rings (SSSR count). The summed E-state index contributed by atoms with van der Waals surface area (Å²) in [7, 11) is 0. The molecular weight excluding hydrogens is 355 g/mol. The molecule has 2 aromatic rings. The quantitative estimate of drug-likeness (QED) is 0.688. The number of nitrogens with one attached hydrogen (secondary N) is 1. The van der Waals surface area contributed by atoms with Crippen molar-refractivity contribution >= 4 is 23.2 Å². The van der Waals surface area contributed by atoms with Crippen molar-refractivity contribution in [1.82, 2.24) is 10.3 Å². The van der Waals surface area contributed by atoms with Crippen LogP contribution in [0.4, 0.5) is 4.39 Å². The molecule has 0 fully saturated rings. The summed E-state index contributed by atoms with van der Waals surface area (Å²) in [5.41, 5.74) is 0.545. The van der Waals surface area contributed by atoms with Crippen LogP contribution in [0.1, 0.15) is 61.1 Å². The Morgan fingerprint density at radius 2 is 1.88 bits per heavy atom. The minimum absolute atomic E-state index is 0.0602. The molecule has 0 amide bonds. The van der Waals surface area contributed by atoms with Crippen LogP contribution in [0.15, 0.2) is 36.7 Å². The second-order valence-electron chi connectivity index (χ2n) is 6.33. The van der Waals surface area contributed by atoms with Crippen molar-refractivity contribution in [2.75, 3.05) is 0 Å². The van der Waals surface area contributed by atoms with Gasteiger partial charge in [0.05, 0.1) is 10.6 Å². The number of nitrogens with zero attached hydrogens (tertiary/aromatic N) is 1. The molecule has 0 unspecified atom stereocenters. The van der Waals surface area contributed by atoms with E-state index in [1.54, 1.807) is 6.07 Å². The zero-order valence-electron chi connectivity index (χ0n) is 15.1. The Labute approximate surface area is 157 Å². The minimum atomic E-state index is -0.631. The monoisotopic (exact) mass is 376 g/mol. The Morgan fingerprint density at radius 1 is 1.23 bits per heavy atom. The van der Waals surface area contributed by atoms with Crippen LogP contribution in [-0.4, -0.2) is 22.6 Å². The van der Waals surface area contributed by atoms with Gasteiger partial charge in [-0.05, 0) is 38.5 Å². The lowest BCUT2D eigenvalue weighted by atomic mass is 9.96. The van der Waals surface area contributed by atoms with Crippen molar-refractivity contribution < 1.29 is 14.0 Å². The van der Waals surface area contributed by atoms with Crippen molar-refractivity contribution in [3.63, 3.8) is 0 Å².